The highest BCUT2D eigenvalue weighted by Crippen LogP contribution is 2.37. The fraction of sp³-hybridized carbons (Fsp3) is 0.300. The minimum absolute atomic E-state index is 0.0915. The van der Waals surface area contributed by atoms with E-state index < -0.39 is 9.84 Å². The Balaban J connectivity index is 1.73. The molecule has 3 aromatic rings. The van der Waals surface area contributed by atoms with Gasteiger partial charge in [0.25, 0.3) is 5.91 Å². The van der Waals surface area contributed by atoms with Gasteiger partial charge in [0.2, 0.25) is 0 Å². The Hall–Kier alpha value is -1.96. The number of amides is 1. The van der Waals surface area contributed by atoms with Gasteiger partial charge in [-0.05, 0) is 49.6 Å². The molecule has 5 nitrogen and oxygen atoms in total. The third kappa shape index (κ3) is 3.66. The highest BCUT2D eigenvalue weighted by Gasteiger charge is 2.32. The van der Waals surface area contributed by atoms with Gasteiger partial charge in [-0.15, -0.1) is 11.3 Å². The Morgan fingerprint density at radius 2 is 2.00 bits per heavy atom. The van der Waals surface area contributed by atoms with E-state index in [2.05, 4.69) is 0 Å². The van der Waals surface area contributed by atoms with Crippen LogP contribution in [0.25, 0.3) is 10.2 Å². The first kappa shape index (κ1) is 19.4. The van der Waals surface area contributed by atoms with Gasteiger partial charge in [0, 0.05) is 12.8 Å². The van der Waals surface area contributed by atoms with Gasteiger partial charge in [-0.25, -0.2) is 13.4 Å². The van der Waals surface area contributed by atoms with Gasteiger partial charge in [-0.1, -0.05) is 23.7 Å². The highest BCUT2D eigenvalue weighted by molar-refractivity contribution is 7.90. The molecule has 1 atom stereocenters. The molecule has 0 saturated carbocycles. The minimum atomic E-state index is -3.43. The summed E-state index contributed by atoms with van der Waals surface area (Å²) in [5, 5.41) is 1.16. The summed E-state index contributed by atoms with van der Waals surface area (Å²) in [4.78, 5) is 19.9. The number of rotatable bonds is 3. The third-order valence-corrected chi connectivity index (χ3v) is 7.53. The monoisotopic (exact) mass is 434 g/mol. The van der Waals surface area contributed by atoms with E-state index >= 15 is 0 Å². The SMILES string of the molecule is CS(=O)(=O)c1ccc(Cl)c(C(=O)N2CCCCC2c2nc3ccccc3s2)c1. The number of nitrogens with zero attached hydrogens (tertiary/aromatic N) is 2. The maximum Gasteiger partial charge on any atom is 0.256 e. The summed E-state index contributed by atoms with van der Waals surface area (Å²) in [7, 11) is -3.43. The van der Waals surface area contributed by atoms with E-state index in [9.17, 15) is 13.2 Å². The zero-order valence-corrected chi connectivity index (χ0v) is 17.6. The van der Waals surface area contributed by atoms with Gasteiger partial charge >= 0.3 is 0 Å². The number of likely N-dealkylation sites (tertiary alicyclic amines) is 1. The zero-order chi connectivity index (χ0) is 19.9. The number of sulfone groups is 1. The van der Waals surface area contributed by atoms with Crippen LogP contribution in [-0.4, -0.2) is 37.0 Å². The molecule has 0 bridgehead atoms. The molecule has 28 heavy (non-hydrogen) atoms. The lowest BCUT2D eigenvalue weighted by Gasteiger charge is -2.34. The number of carbonyl (C=O) groups is 1. The van der Waals surface area contributed by atoms with Crippen molar-refractivity contribution in [3.05, 3.63) is 58.1 Å². The van der Waals surface area contributed by atoms with Gasteiger partial charge in [0.05, 0.1) is 31.7 Å². The second-order valence-electron chi connectivity index (χ2n) is 6.94. The molecule has 0 spiro atoms. The van der Waals surface area contributed by atoms with Gasteiger partial charge in [0.1, 0.15) is 5.01 Å². The highest BCUT2D eigenvalue weighted by atomic mass is 35.5. The first-order valence-corrected chi connectivity index (χ1v) is 12.1. The molecule has 1 aliphatic heterocycles. The zero-order valence-electron chi connectivity index (χ0n) is 15.3. The average Bonchev–Trinajstić information content (AvgIpc) is 3.11. The summed E-state index contributed by atoms with van der Waals surface area (Å²) in [5.41, 5.74) is 1.15. The minimum Gasteiger partial charge on any atom is -0.329 e. The van der Waals surface area contributed by atoms with Crippen LogP contribution in [0.1, 0.15) is 40.7 Å². The van der Waals surface area contributed by atoms with Gasteiger partial charge in [-0.2, -0.15) is 0 Å². The second-order valence-corrected chi connectivity index (χ2v) is 10.4. The molecule has 1 unspecified atom stereocenters. The summed E-state index contributed by atoms with van der Waals surface area (Å²) >= 11 is 7.86. The quantitative estimate of drug-likeness (QED) is 0.598. The molecule has 1 amide bonds. The predicted molar refractivity (Wildman–Crippen MR) is 112 cm³/mol. The van der Waals surface area contributed by atoms with Crippen molar-refractivity contribution in [3.8, 4) is 0 Å². The van der Waals surface area contributed by atoms with Crippen LogP contribution in [0.4, 0.5) is 0 Å². The number of benzene rings is 2. The van der Waals surface area contributed by atoms with E-state index in [-0.39, 0.29) is 27.4 Å². The average molecular weight is 435 g/mol. The molecule has 0 N–H and O–H groups in total. The van der Waals surface area contributed by atoms with Crippen molar-refractivity contribution in [1.29, 1.82) is 0 Å². The summed E-state index contributed by atoms with van der Waals surface area (Å²) < 4.78 is 24.9. The number of halogens is 1. The van der Waals surface area contributed by atoms with Crippen molar-refractivity contribution in [3.63, 3.8) is 0 Å². The Bertz CT molecular complexity index is 1120. The van der Waals surface area contributed by atoms with Crippen molar-refractivity contribution in [1.82, 2.24) is 9.88 Å². The number of fused-ring (bicyclic) bond motifs is 1. The second kappa shape index (κ2) is 7.46. The van der Waals surface area contributed by atoms with Crippen LogP contribution in [0.2, 0.25) is 5.02 Å². The standard InChI is InChI=1S/C20H19ClN2O3S2/c1-28(25,26)13-9-10-15(21)14(12-13)20(24)23-11-5-4-7-17(23)19-22-16-6-2-3-8-18(16)27-19/h2-3,6,8-10,12,17H,4-5,7,11H2,1H3. The summed E-state index contributed by atoms with van der Waals surface area (Å²) in [6, 6.07) is 12.1. The van der Waals surface area contributed by atoms with E-state index in [1.54, 1.807) is 16.2 Å². The first-order chi connectivity index (χ1) is 13.3. The molecule has 2 aromatic carbocycles. The molecule has 4 rings (SSSR count). The molecule has 8 heteroatoms. The Morgan fingerprint density at radius 3 is 2.75 bits per heavy atom. The van der Waals surface area contributed by atoms with Crippen LogP contribution in [0.5, 0.6) is 0 Å². The summed E-state index contributed by atoms with van der Waals surface area (Å²) in [6.07, 6.45) is 3.86. The summed E-state index contributed by atoms with van der Waals surface area (Å²) in [6.45, 7) is 0.596. The molecule has 1 fully saturated rings. The van der Waals surface area contributed by atoms with Crippen molar-refractivity contribution in [2.45, 2.75) is 30.2 Å². The Kier molecular flexibility index (Phi) is 5.16. The fourth-order valence-electron chi connectivity index (χ4n) is 3.52. The molecule has 2 heterocycles. The molecule has 146 valence electrons. The smallest absolute Gasteiger partial charge is 0.256 e. The molecule has 0 radical (unpaired) electrons. The number of hydrogen-bond acceptors (Lipinski definition) is 5. The number of hydrogen-bond donors (Lipinski definition) is 0. The summed E-state index contributed by atoms with van der Waals surface area (Å²) in [5.74, 6) is -0.251. The number of aromatic nitrogens is 1. The number of thiazole rings is 1. The van der Waals surface area contributed by atoms with Crippen molar-refractivity contribution < 1.29 is 13.2 Å². The van der Waals surface area contributed by atoms with E-state index in [0.29, 0.717) is 6.54 Å². The van der Waals surface area contributed by atoms with E-state index in [1.165, 1.54) is 18.2 Å². The number of carbonyl (C=O) groups excluding carboxylic acids is 1. The van der Waals surface area contributed by atoms with E-state index in [4.69, 9.17) is 16.6 Å². The van der Waals surface area contributed by atoms with Crippen LogP contribution in [0, 0.1) is 0 Å². The maximum atomic E-state index is 13.3. The normalized spacial score (nSPS) is 17.8. The topological polar surface area (TPSA) is 67.3 Å². The lowest BCUT2D eigenvalue weighted by atomic mass is 10.0. The van der Waals surface area contributed by atoms with Crippen LogP contribution in [0.15, 0.2) is 47.4 Å². The van der Waals surface area contributed by atoms with Gasteiger partial charge < -0.3 is 4.90 Å². The predicted octanol–water partition coefficient (Wildman–Crippen LogP) is 4.72. The Labute approximate surface area is 172 Å². The van der Waals surface area contributed by atoms with Crippen LogP contribution >= 0.6 is 22.9 Å². The molecular formula is C20H19ClN2O3S2. The van der Waals surface area contributed by atoms with Crippen molar-refractivity contribution in [2.75, 3.05) is 12.8 Å². The fourth-order valence-corrected chi connectivity index (χ4v) is 5.48. The number of piperidine rings is 1. The van der Waals surface area contributed by atoms with Crippen molar-refractivity contribution in [2.24, 2.45) is 0 Å². The molecule has 1 aromatic heterocycles. The van der Waals surface area contributed by atoms with E-state index in [0.717, 1.165) is 40.7 Å². The Morgan fingerprint density at radius 1 is 1.21 bits per heavy atom. The molecular weight excluding hydrogens is 416 g/mol. The van der Waals surface area contributed by atoms with E-state index in [1.807, 2.05) is 24.3 Å². The molecule has 0 aliphatic carbocycles. The van der Waals surface area contributed by atoms with Crippen molar-refractivity contribution >= 4 is 48.9 Å². The molecule has 1 saturated heterocycles. The lowest BCUT2D eigenvalue weighted by Crippen LogP contribution is -2.38. The largest absolute Gasteiger partial charge is 0.329 e. The number of para-hydroxylation sites is 1. The third-order valence-electron chi connectivity index (χ3n) is 4.96. The maximum absolute atomic E-state index is 13.3. The lowest BCUT2D eigenvalue weighted by molar-refractivity contribution is 0.0611. The first-order valence-electron chi connectivity index (χ1n) is 9.00. The van der Waals surface area contributed by atoms with Gasteiger partial charge in [0.15, 0.2) is 9.84 Å². The van der Waals surface area contributed by atoms with Crippen LogP contribution in [0.3, 0.4) is 0 Å². The van der Waals surface area contributed by atoms with Crippen LogP contribution in [-0.2, 0) is 9.84 Å². The van der Waals surface area contributed by atoms with Crippen LogP contribution < -0.4 is 0 Å². The molecule has 1 aliphatic rings. The van der Waals surface area contributed by atoms with Gasteiger partial charge in [-0.3, -0.25) is 4.79 Å².